The molecule has 0 aromatic heterocycles. The molecule has 0 bridgehead atoms. The molecule has 18 heavy (non-hydrogen) atoms. The number of hydrogen-bond donors (Lipinski definition) is 0. The lowest BCUT2D eigenvalue weighted by Crippen LogP contribution is -2.16. The topological polar surface area (TPSA) is 43.4 Å². The van der Waals surface area contributed by atoms with E-state index in [9.17, 15) is 8.42 Å². The Bertz CT molecular complexity index is 516. The van der Waals surface area contributed by atoms with Crippen LogP contribution in [0.4, 0.5) is 0 Å². The summed E-state index contributed by atoms with van der Waals surface area (Å²) in [6.07, 6.45) is 2.28. The average Bonchev–Trinajstić information content (AvgIpc) is 2.28. The summed E-state index contributed by atoms with van der Waals surface area (Å²) in [5, 5.41) is 0. The van der Waals surface area contributed by atoms with Crippen LogP contribution < -0.4 is 4.18 Å². The monoisotopic (exact) mass is 268 g/mol. The second-order valence-electron chi connectivity index (χ2n) is 4.86. The highest BCUT2D eigenvalue weighted by Crippen LogP contribution is 2.29. The highest BCUT2D eigenvalue weighted by molar-refractivity contribution is 7.87. The molecule has 4 heteroatoms. The van der Waals surface area contributed by atoms with Crippen molar-refractivity contribution in [3.63, 3.8) is 0 Å². The van der Waals surface area contributed by atoms with Gasteiger partial charge in [-0.05, 0) is 29.5 Å². The molecular weight excluding hydrogens is 248 g/mol. The molecule has 0 heterocycles. The van der Waals surface area contributed by atoms with E-state index in [1.807, 2.05) is 12.1 Å². The van der Waals surface area contributed by atoms with Crippen LogP contribution in [0, 0.1) is 0 Å². The van der Waals surface area contributed by atoms with Crippen molar-refractivity contribution in [2.75, 3.05) is 5.75 Å². The summed E-state index contributed by atoms with van der Waals surface area (Å²) in [5.74, 6) is 0.171. The summed E-state index contributed by atoms with van der Waals surface area (Å²) in [7, 11) is -3.57. The van der Waals surface area contributed by atoms with Gasteiger partial charge in [-0.3, -0.25) is 0 Å². The molecule has 0 N–H and O–H groups in total. The Kier molecular flexibility index (Phi) is 4.57. The minimum atomic E-state index is -3.57. The second-order valence-corrected chi connectivity index (χ2v) is 6.48. The van der Waals surface area contributed by atoms with Crippen molar-refractivity contribution < 1.29 is 12.6 Å². The second kappa shape index (κ2) is 5.57. The molecule has 100 valence electrons. The van der Waals surface area contributed by atoms with E-state index >= 15 is 0 Å². The van der Waals surface area contributed by atoms with E-state index in [1.54, 1.807) is 12.1 Å². The largest absolute Gasteiger partial charge is 0.382 e. The fourth-order valence-electron chi connectivity index (χ4n) is 1.50. The minimum absolute atomic E-state index is 0.00156. The molecule has 1 aromatic rings. The summed E-state index contributed by atoms with van der Waals surface area (Å²) in [4.78, 5) is 0. The first kappa shape index (κ1) is 14.8. The van der Waals surface area contributed by atoms with Gasteiger partial charge in [0.2, 0.25) is 0 Å². The molecule has 1 aromatic carbocycles. The van der Waals surface area contributed by atoms with Crippen molar-refractivity contribution in [1.82, 2.24) is 0 Å². The molecule has 0 unspecified atom stereocenters. The quantitative estimate of drug-likeness (QED) is 0.587. The van der Waals surface area contributed by atoms with Gasteiger partial charge >= 0.3 is 10.1 Å². The van der Waals surface area contributed by atoms with Gasteiger partial charge in [0.15, 0.2) is 0 Å². The van der Waals surface area contributed by atoms with Crippen molar-refractivity contribution in [3.05, 3.63) is 42.5 Å². The van der Waals surface area contributed by atoms with Crippen molar-refractivity contribution in [1.29, 1.82) is 0 Å². The van der Waals surface area contributed by atoms with Crippen molar-refractivity contribution in [3.8, 4) is 5.75 Å². The molecule has 0 aliphatic heterocycles. The Balaban J connectivity index is 3.00. The summed E-state index contributed by atoms with van der Waals surface area (Å²) < 4.78 is 28.1. The lowest BCUT2D eigenvalue weighted by Gasteiger charge is -2.23. The van der Waals surface area contributed by atoms with Gasteiger partial charge < -0.3 is 4.18 Å². The minimum Gasteiger partial charge on any atom is -0.382 e. The summed E-state index contributed by atoms with van der Waals surface area (Å²) in [6, 6.07) is 7.22. The third-order valence-electron chi connectivity index (χ3n) is 3.04. The molecule has 0 saturated heterocycles. The van der Waals surface area contributed by atoms with E-state index in [2.05, 4.69) is 27.4 Å². The van der Waals surface area contributed by atoms with Gasteiger partial charge in [0.1, 0.15) is 11.5 Å². The summed E-state index contributed by atoms with van der Waals surface area (Å²) in [6.45, 7) is 9.73. The first-order valence-corrected chi connectivity index (χ1v) is 7.52. The van der Waals surface area contributed by atoms with Crippen LogP contribution in [0.3, 0.4) is 0 Å². The van der Waals surface area contributed by atoms with E-state index in [4.69, 9.17) is 4.18 Å². The van der Waals surface area contributed by atoms with Crippen LogP contribution >= 0.6 is 0 Å². The van der Waals surface area contributed by atoms with Crippen LogP contribution in [0.2, 0.25) is 0 Å². The molecule has 0 amide bonds. The molecule has 0 aliphatic carbocycles. The van der Waals surface area contributed by atoms with Gasteiger partial charge in [-0.2, -0.15) is 8.42 Å². The number of rotatable bonds is 6. The van der Waals surface area contributed by atoms with E-state index in [1.165, 1.54) is 6.08 Å². The third kappa shape index (κ3) is 3.88. The summed E-state index contributed by atoms with van der Waals surface area (Å²) in [5.41, 5.74) is 1.07. The molecule has 0 radical (unpaired) electrons. The number of hydrogen-bond acceptors (Lipinski definition) is 3. The zero-order chi connectivity index (χ0) is 13.8. The van der Waals surface area contributed by atoms with E-state index < -0.39 is 10.1 Å². The van der Waals surface area contributed by atoms with E-state index in [0.717, 1.165) is 12.0 Å². The molecule has 0 aliphatic rings. The van der Waals surface area contributed by atoms with Crippen LogP contribution in [0.15, 0.2) is 36.9 Å². The molecule has 0 fully saturated rings. The molecule has 3 nitrogen and oxygen atoms in total. The molecule has 0 atom stereocenters. The van der Waals surface area contributed by atoms with Crippen LogP contribution in [-0.2, 0) is 15.5 Å². The predicted octanol–water partition coefficient (Wildman–Crippen LogP) is 3.27. The molecule has 1 rings (SSSR count). The van der Waals surface area contributed by atoms with Crippen LogP contribution in [0.1, 0.15) is 32.8 Å². The fourth-order valence-corrected chi connectivity index (χ4v) is 2.25. The zero-order valence-corrected chi connectivity index (χ0v) is 12.0. The van der Waals surface area contributed by atoms with Gasteiger partial charge in [-0.1, -0.05) is 39.0 Å². The highest BCUT2D eigenvalue weighted by Gasteiger charge is 2.19. The van der Waals surface area contributed by atoms with Gasteiger partial charge in [-0.15, -0.1) is 6.58 Å². The Morgan fingerprint density at radius 2 is 2.06 bits per heavy atom. The maximum Gasteiger partial charge on any atom is 0.312 e. The van der Waals surface area contributed by atoms with Gasteiger partial charge in [0.25, 0.3) is 0 Å². The Morgan fingerprint density at radius 3 is 2.61 bits per heavy atom. The van der Waals surface area contributed by atoms with Crippen molar-refractivity contribution >= 4 is 10.1 Å². The first-order valence-electron chi connectivity index (χ1n) is 5.94. The molecule has 0 saturated carbocycles. The smallest absolute Gasteiger partial charge is 0.312 e. The zero-order valence-electron chi connectivity index (χ0n) is 11.1. The molecular formula is C14H20O3S. The fraction of sp³-hybridized carbons (Fsp3) is 0.429. The van der Waals surface area contributed by atoms with E-state index in [0.29, 0.717) is 5.75 Å². The van der Waals surface area contributed by atoms with Crippen LogP contribution in [0.25, 0.3) is 0 Å². The van der Waals surface area contributed by atoms with E-state index in [-0.39, 0.29) is 11.2 Å². The van der Waals surface area contributed by atoms with Crippen LogP contribution in [0.5, 0.6) is 5.75 Å². The SMILES string of the molecule is C=CCS(=O)(=O)Oc1cccc(C(C)(C)CC)c1. The van der Waals surface area contributed by atoms with Gasteiger partial charge in [0.05, 0.1) is 0 Å². The van der Waals surface area contributed by atoms with Gasteiger partial charge in [0, 0.05) is 0 Å². The van der Waals surface area contributed by atoms with Crippen molar-refractivity contribution in [2.45, 2.75) is 32.6 Å². The highest BCUT2D eigenvalue weighted by atomic mass is 32.2. The average molecular weight is 268 g/mol. The first-order chi connectivity index (χ1) is 8.30. The Labute approximate surface area is 110 Å². The summed E-state index contributed by atoms with van der Waals surface area (Å²) >= 11 is 0. The van der Waals surface area contributed by atoms with Crippen LogP contribution in [-0.4, -0.2) is 14.2 Å². The molecule has 0 spiro atoms. The lowest BCUT2D eigenvalue weighted by molar-refractivity contribution is 0.481. The lowest BCUT2D eigenvalue weighted by atomic mass is 9.82. The Hall–Kier alpha value is -1.29. The van der Waals surface area contributed by atoms with Gasteiger partial charge in [-0.25, -0.2) is 0 Å². The standard InChI is InChI=1S/C14H20O3S/c1-5-10-18(15,16)17-13-9-7-8-12(11-13)14(3,4)6-2/h5,7-9,11H,1,6,10H2,2-4H3. The normalized spacial score (nSPS) is 12.2. The predicted molar refractivity (Wildman–Crippen MR) is 74.4 cm³/mol. The Morgan fingerprint density at radius 1 is 1.39 bits per heavy atom. The third-order valence-corrected chi connectivity index (χ3v) is 4.13. The maximum absolute atomic E-state index is 11.5. The maximum atomic E-state index is 11.5. The van der Waals surface area contributed by atoms with Crippen molar-refractivity contribution in [2.24, 2.45) is 0 Å². The number of benzene rings is 1.